The molecule has 0 radical (unpaired) electrons. The normalized spacial score (nSPS) is 13.8. The molecule has 0 saturated carbocycles. The molecule has 3 heterocycles. The molecule has 8 heteroatoms. The second-order valence-electron chi connectivity index (χ2n) is 6.24. The van der Waals surface area contributed by atoms with E-state index in [4.69, 9.17) is 14.3 Å². The average Bonchev–Trinajstić information content (AvgIpc) is 3.11. The van der Waals surface area contributed by atoms with Gasteiger partial charge in [0.2, 0.25) is 11.6 Å². The highest BCUT2D eigenvalue weighted by Crippen LogP contribution is 2.36. The monoisotopic (exact) mass is 342 g/mol. The summed E-state index contributed by atoms with van der Waals surface area (Å²) < 4.78 is 13.0. The molecule has 25 heavy (non-hydrogen) atoms. The van der Waals surface area contributed by atoms with Crippen molar-refractivity contribution in [1.82, 2.24) is 19.7 Å². The lowest BCUT2D eigenvalue weighted by molar-refractivity contribution is -0.139. The Morgan fingerprint density at radius 2 is 2.12 bits per heavy atom. The van der Waals surface area contributed by atoms with Crippen LogP contribution in [0.2, 0.25) is 0 Å². The van der Waals surface area contributed by atoms with Crippen molar-refractivity contribution in [2.45, 2.75) is 39.5 Å². The summed E-state index contributed by atoms with van der Waals surface area (Å²) in [6.07, 6.45) is 3.82. The standard InChI is InChI=1S/C17H18N4O4/c1-9-7-10(2)21(20-9)17-18-15(24-8-13(22)23)14-11-5-3-4-6-12(11)25-16(14)19-17/h7H,3-6,8H2,1-2H3,(H,22,23). The van der Waals surface area contributed by atoms with Crippen molar-refractivity contribution < 1.29 is 19.1 Å². The van der Waals surface area contributed by atoms with Crippen molar-refractivity contribution in [3.63, 3.8) is 0 Å². The van der Waals surface area contributed by atoms with Crippen molar-refractivity contribution in [1.29, 1.82) is 0 Å². The molecule has 0 atom stereocenters. The third-order valence-electron chi connectivity index (χ3n) is 4.30. The maximum atomic E-state index is 10.9. The summed E-state index contributed by atoms with van der Waals surface area (Å²) in [5.74, 6) is 0.379. The second kappa shape index (κ2) is 5.87. The summed E-state index contributed by atoms with van der Waals surface area (Å²) in [5, 5.41) is 14.0. The number of ether oxygens (including phenoxy) is 1. The number of hydrogen-bond donors (Lipinski definition) is 1. The van der Waals surface area contributed by atoms with Crippen LogP contribution in [0.5, 0.6) is 5.88 Å². The Kier molecular flexibility index (Phi) is 3.67. The molecule has 3 aromatic rings. The zero-order valence-electron chi connectivity index (χ0n) is 14.1. The zero-order chi connectivity index (χ0) is 17.6. The van der Waals surface area contributed by atoms with E-state index in [9.17, 15) is 4.79 Å². The minimum absolute atomic E-state index is 0.238. The Hall–Kier alpha value is -2.90. The van der Waals surface area contributed by atoms with E-state index < -0.39 is 12.6 Å². The first-order valence-corrected chi connectivity index (χ1v) is 8.23. The van der Waals surface area contributed by atoms with Crippen LogP contribution in [0.1, 0.15) is 35.6 Å². The van der Waals surface area contributed by atoms with Crippen LogP contribution in [-0.2, 0) is 17.6 Å². The van der Waals surface area contributed by atoms with Gasteiger partial charge in [0.25, 0.3) is 5.95 Å². The lowest BCUT2D eigenvalue weighted by Gasteiger charge is -2.10. The molecule has 130 valence electrons. The van der Waals surface area contributed by atoms with Crippen LogP contribution in [-0.4, -0.2) is 37.4 Å². The zero-order valence-corrected chi connectivity index (χ0v) is 14.1. The Morgan fingerprint density at radius 1 is 1.32 bits per heavy atom. The van der Waals surface area contributed by atoms with Gasteiger partial charge in [0.15, 0.2) is 6.61 Å². The predicted octanol–water partition coefficient (Wildman–Crippen LogP) is 2.37. The highest BCUT2D eigenvalue weighted by atomic mass is 16.5. The predicted molar refractivity (Wildman–Crippen MR) is 88.2 cm³/mol. The molecule has 0 aromatic carbocycles. The van der Waals surface area contributed by atoms with E-state index in [1.165, 1.54) is 0 Å². The van der Waals surface area contributed by atoms with Gasteiger partial charge in [-0.2, -0.15) is 15.1 Å². The van der Waals surface area contributed by atoms with Crippen LogP contribution < -0.4 is 4.74 Å². The molecule has 1 aliphatic rings. The number of hydrogen-bond acceptors (Lipinski definition) is 6. The van der Waals surface area contributed by atoms with Crippen molar-refractivity contribution in [2.75, 3.05) is 6.61 Å². The maximum absolute atomic E-state index is 10.9. The molecule has 0 bridgehead atoms. The molecule has 0 aliphatic heterocycles. The fraction of sp³-hybridized carbons (Fsp3) is 0.412. The van der Waals surface area contributed by atoms with E-state index in [1.807, 2.05) is 19.9 Å². The summed E-state index contributed by atoms with van der Waals surface area (Å²) in [7, 11) is 0. The SMILES string of the molecule is Cc1cc(C)n(-c2nc(OCC(=O)O)c3c4c(oc3n2)CCCC4)n1. The number of aryl methyl sites for hydroxylation is 4. The summed E-state index contributed by atoms with van der Waals surface area (Å²) in [6, 6.07) is 1.92. The van der Waals surface area contributed by atoms with Crippen molar-refractivity contribution in [3.05, 3.63) is 28.8 Å². The van der Waals surface area contributed by atoms with Crippen LogP contribution in [0.15, 0.2) is 10.5 Å². The van der Waals surface area contributed by atoms with Crippen molar-refractivity contribution in [3.8, 4) is 11.8 Å². The van der Waals surface area contributed by atoms with Crippen molar-refractivity contribution in [2.24, 2.45) is 0 Å². The average molecular weight is 342 g/mol. The van der Waals surface area contributed by atoms with E-state index in [0.717, 1.165) is 48.4 Å². The Labute approximate surface area is 143 Å². The van der Waals surface area contributed by atoms with Crippen LogP contribution in [0.3, 0.4) is 0 Å². The van der Waals surface area contributed by atoms with E-state index >= 15 is 0 Å². The van der Waals surface area contributed by atoms with E-state index in [0.29, 0.717) is 17.0 Å². The summed E-state index contributed by atoms with van der Waals surface area (Å²) in [6.45, 7) is 3.32. The minimum atomic E-state index is -1.06. The number of fused-ring (bicyclic) bond motifs is 3. The van der Waals surface area contributed by atoms with Gasteiger partial charge >= 0.3 is 5.97 Å². The molecule has 1 aliphatic carbocycles. The van der Waals surface area contributed by atoms with Gasteiger partial charge in [-0.1, -0.05) is 0 Å². The molecule has 4 rings (SSSR count). The Morgan fingerprint density at radius 3 is 2.84 bits per heavy atom. The van der Waals surface area contributed by atoms with Gasteiger partial charge in [0.1, 0.15) is 11.1 Å². The largest absolute Gasteiger partial charge is 0.479 e. The van der Waals surface area contributed by atoms with Gasteiger partial charge in [-0.25, -0.2) is 9.48 Å². The maximum Gasteiger partial charge on any atom is 0.341 e. The highest BCUT2D eigenvalue weighted by Gasteiger charge is 2.25. The third kappa shape index (κ3) is 2.73. The molecule has 0 amide bonds. The number of carboxylic acid groups (broad SMARTS) is 1. The van der Waals surface area contributed by atoms with Gasteiger partial charge in [0.05, 0.1) is 5.69 Å². The van der Waals surface area contributed by atoms with Crippen LogP contribution in [0, 0.1) is 13.8 Å². The molecular formula is C17H18N4O4. The molecule has 8 nitrogen and oxygen atoms in total. The van der Waals surface area contributed by atoms with E-state index in [2.05, 4.69) is 15.1 Å². The first-order chi connectivity index (χ1) is 12.0. The molecule has 3 aromatic heterocycles. The van der Waals surface area contributed by atoms with E-state index in [1.54, 1.807) is 4.68 Å². The van der Waals surface area contributed by atoms with Gasteiger partial charge in [-0.05, 0) is 39.2 Å². The quantitative estimate of drug-likeness (QED) is 0.776. The molecule has 0 saturated heterocycles. The number of carboxylic acids is 1. The van der Waals surface area contributed by atoms with Crippen LogP contribution in [0.25, 0.3) is 17.0 Å². The Bertz CT molecular complexity index is 973. The Balaban J connectivity index is 1.91. The van der Waals surface area contributed by atoms with E-state index in [-0.39, 0.29) is 5.88 Å². The molecular weight excluding hydrogens is 324 g/mol. The minimum Gasteiger partial charge on any atom is -0.479 e. The fourth-order valence-electron chi connectivity index (χ4n) is 3.27. The lowest BCUT2D eigenvalue weighted by atomic mass is 9.97. The van der Waals surface area contributed by atoms with Gasteiger partial charge in [0, 0.05) is 17.7 Å². The number of rotatable bonds is 4. The summed E-state index contributed by atoms with van der Waals surface area (Å²) in [5.41, 5.74) is 3.16. The first kappa shape index (κ1) is 15.6. The van der Waals surface area contributed by atoms with Gasteiger partial charge < -0.3 is 14.3 Å². The molecule has 0 unspecified atom stereocenters. The molecule has 1 N–H and O–H groups in total. The third-order valence-corrected chi connectivity index (χ3v) is 4.30. The van der Waals surface area contributed by atoms with Gasteiger partial charge in [-0.15, -0.1) is 0 Å². The van der Waals surface area contributed by atoms with Crippen molar-refractivity contribution >= 4 is 17.1 Å². The summed E-state index contributed by atoms with van der Waals surface area (Å²) >= 11 is 0. The molecule has 0 spiro atoms. The number of nitrogens with zero attached hydrogens (tertiary/aromatic N) is 4. The second-order valence-corrected chi connectivity index (χ2v) is 6.24. The topological polar surface area (TPSA) is 103 Å². The number of aromatic nitrogens is 4. The number of furan rings is 1. The summed E-state index contributed by atoms with van der Waals surface area (Å²) in [4.78, 5) is 19.9. The fourth-order valence-corrected chi connectivity index (χ4v) is 3.27. The number of aliphatic carboxylic acids is 1. The van der Waals surface area contributed by atoms with Crippen LogP contribution in [0.4, 0.5) is 0 Å². The first-order valence-electron chi connectivity index (χ1n) is 8.23. The van der Waals surface area contributed by atoms with Gasteiger partial charge in [-0.3, -0.25) is 0 Å². The highest BCUT2D eigenvalue weighted by molar-refractivity contribution is 5.85. The smallest absolute Gasteiger partial charge is 0.341 e. The molecule has 0 fully saturated rings. The lowest BCUT2D eigenvalue weighted by Crippen LogP contribution is -2.13. The van der Waals surface area contributed by atoms with Crippen LogP contribution >= 0.6 is 0 Å². The number of carbonyl (C=O) groups is 1.